The molecule has 0 aromatic heterocycles. The van der Waals surface area contributed by atoms with Crippen molar-refractivity contribution in [2.75, 3.05) is 14.2 Å². The maximum atomic E-state index is 12.2. The molecule has 0 fully saturated rings. The molecule has 1 aromatic rings. The van der Waals surface area contributed by atoms with Crippen LogP contribution >= 0.6 is 0 Å². The van der Waals surface area contributed by atoms with Gasteiger partial charge in [0.1, 0.15) is 10.6 Å². The van der Waals surface area contributed by atoms with Crippen LogP contribution in [-0.4, -0.2) is 34.0 Å². The number of carbonyl (C=O) groups is 1. The zero-order chi connectivity index (χ0) is 20.2. The van der Waals surface area contributed by atoms with Crippen molar-refractivity contribution < 1.29 is 17.9 Å². The average molecular weight is 383 g/mol. The molecule has 1 amide bonds. The minimum Gasteiger partial charge on any atom is -0.495 e. The first-order valence-corrected chi connectivity index (χ1v) is 9.90. The highest BCUT2D eigenvalue weighted by Gasteiger charge is 2.26. The SMILES string of the molecule is CNS(=O)(=O)c1cc(/C=C/C(=O)NC(C)(C)CC(C)(C)C)ccc1OC. The lowest BCUT2D eigenvalue weighted by Crippen LogP contribution is -2.45. The Kier molecular flexibility index (Phi) is 7.02. The van der Waals surface area contributed by atoms with Crippen molar-refractivity contribution in [3.63, 3.8) is 0 Å². The number of methoxy groups -OCH3 is 1. The Labute approximate surface area is 157 Å². The third-order valence-electron chi connectivity index (χ3n) is 3.61. The van der Waals surface area contributed by atoms with Crippen molar-refractivity contribution >= 4 is 22.0 Å². The zero-order valence-electron chi connectivity index (χ0n) is 16.6. The van der Waals surface area contributed by atoms with E-state index in [0.29, 0.717) is 5.56 Å². The molecule has 0 atom stereocenters. The van der Waals surface area contributed by atoms with Crippen LogP contribution in [-0.2, 0) is 14.8 Å². The number of ether oxygens (including phenoxy) is 1. The Morgan fingerprint density at radius 1 is 1.19 bits per heavy atom. The first-order valence-electron chi connectivity index (χ1n) is 8.41. The molecule has 6 nitrogen and oxygen atoms in total. The molecule has 0 spiro atoms. The van der Waals surface area contributed by atoms with Gasteiger partial charge in [-0.2, -0.15) is 0 Å². The molecule has 0 aliphatic heterocycles. The van der Waals surface area contributed by atoms with E-state index in [1.54, 1.807) is 18.2 Å². The molecule has 0 radical (unpaired) electrons. The molecule has 146 valence electrons. The molecule has 0 bridgehead atoms. The van der Waals surface area contributed by atoms with Gasteiger partial charge in [0.2, 0.25) is 15.9 Å². The maximum absolute atomic E-state index is 12.2. The van der Waals surface area contributed by atoms with Crippen molar-refractivity contribution in [2.45, 2.75) is 51.5 Å². The number of rotatable bonds is 7. The highest BCUT2D eigenvalue weighted by atomic mass is 32.2. The summed E-state index contributed by atoms with van der Waals surface area (Å²) in [5.74, 6) is 0.0142. The molecule has 0 saturated heterocycles. The molecule has 7 heteroatoms. The Morgan fingerprint density at radius 2 is 1.81 bits per heavy atom. The lowest BCUT2D eigenvalue weighted by molar-refractivity contribution is -0.118. The van der Waals surface area contributed by atoms with Crippen molar-refractivity contribution in [1.29, 1.82) is 0 Å². The molecule has 0 unspecified atom stereocenters. The third kappa shape index (κ3) is 6.80. The molecule has 2 N–H and O–H groups in total. The summed E-state index contributed by atoms with van der Waals surface area (Å²) in [5.41, 5.74) is 0.330. The van der Waals surface area contributed by atoms with Crippen LogP contribution < -0.4 is 14.8 Å². The first kappa shape index (κ1) is 22.2. The summed E-state index contributed by atoms with van der Waals surface area (Å²) in [6.45, 7) is 10.3. The van der Waals surface area contributed by atoms with E-state index >= 15 is 0 Å². The molecule has 26 heavy (non-hydrogen) atoms. The van der Waals surface area contributed by atoms with E-state index in [0.717, 1.165) is 6.42 Å². The van der Waals surface area contributed by atoms with E-state index < -0.39 is 10.0 Å². The lowest BCUT2D eigenvalue weighted by atomic mass is 9.82. The summed E-state index contributed by atoms with van der Waals surface area (Å²) in [6, 6.07) is 4.72. The Bertz CT molecular complexity index is 775. The minimum atomic E-state index is -3.66. The summed E-state index contributed by atoms with van der Waals surface area (Å²) in [5, 5.41) is 2.98. The van der Waals surface area contributed by atoms with Crippen LogP contribution in [0.25, 0.3) is 6.08 Å². The molecule has 0 saturated carbocycles. The van der Waals surface area contributed by atoms with Crippen LogP contribution in [0.3, 0.4) is 0 Å². The van der Waals surface area contributed by atoms with Gasteiger partial charge in [-0.1, -0.05) is 26.8 Å². The van der Waals surface area contributed by atoms with Gasteiger partial charge in [0, 0.05) is 11.6 Å². The van der Waals surface area contributed by atoms with Gasteiger partial charge < -0.3 is 10.1 Å². The van der Waals surface area contributed by atoms with Gasteiger partial charge in [0.15, 0.2) is 0 Å². The predicted octanol–water partition coefficient (Wildman–Crippen LogP) is 2.95. The second kappa shape index (κ2) is 8.22. The van der Waals surface area contributed by atoms with E-state index in [9.17, 15) is 13.2 Å². The van der Waals surface area contributed by atoms with Gasteiger partial charge in [0.25, 0.3) is 0 Å². The van der Waals surface area contributed by atoms with E-state index in [1.807, 2.05) is 13.8 Å². The number of sulfonamides is 1. The lowest BCUT2D eigenvalue weighted by Gasteiger charge is -2.32. The van der Waals surface area contributed by atoms with Gasteiger partial charge in [-0.15, -0.1) is 0 Å². The van der Waals surface area contributed by atoms with Crippen LogP contribution in [0.5, 0.6) is 5.75 Å². The van der Waals surface area contributed by atoms with Gasteiger partial charge in [0.05, 0.1) is 7.11 Å². The van der Waals surface area contributed by atoms with E-state index in [1.165, 1.54) is 26.3 Å². The van der Waals surface area contributed by atoms with Gasteiger partial charge in [-0.05, 0) is 56.5 Å². The standard InChI is InChI=1S/C19H30N2O4S/c1-18(2,3)13-19(4,5)21-17(22)11-9-14-8-10-15(25-7)16(12-14)26(23,24)20-6/h8-12,20H,13H2,1-7H3,(H,21,22)/b11-9+. The zero-order valence-corrected chi connectivity index (χ0v) is 17.5. The third-order valence-corrected chi connectivity index (χ3v) is 5.04. The maximum Gasteiger partial charge on any atom is 0.244 e. The number of amides is 1. The fourth-order valence-electron chi connectivity index (χ4n) is 3.03. The van der Waals surface area contributed by atoms with Crippen molar-refractivity contribution in [3.05, 3.63) is 29.8 Å². The second-order valence-electron chi connectivity index (χ2n) is 8.06. The van der Waals surface area contributed by atoms with Crippen LogP contribution in [0.1, 0.15) is 46.6 Å². The highest BCUT2D eigenvalue weighted by molar-refractivity contribution is 7.89. The smallest absolute Gasteiger partial charge is 0.244 e. The van der Waals surface area contributed by atoms with Gasteiger partial charge in [-0.25, -0.2) is 13.1 Å². The average Bonchev–Trinajstić information content (AvgIpc) is 2.49. The molecular weight excluding hydrogens is 352 g/mol. The molecular formula is C19H30N2O4S. The first-order chi connectivity index (χ1) is 11.8. The molecule has 0 aliphatic carbocycles. The number of carbonyl (C=O) groups excluding carboxylic acids is 1. The van der Waals surface area contributed by atoms with Crippen LogP contribution in [0.15, 0.2) is 29.2 Å². The molecule has 0 aliphatic rings. The quantitative estimate of drug-likeness (QED) is 0.710. The van der Waals surface area contributed by atoms with Crippen molar-refractivity contribution in [1.82, 2.24) is 10.0 Å². The number of hydrogen-bond acceptors (Lipinski definition) is 4. The number of nitrogens with one attached hydrogen (secondary N) is 2. The number of benzene rings is 1. The summed E-state index contributed by atoms with van der Waals surface area (Å²) in [7, 11) is -0.918. The van der Waals surface area contributed by atoms with Gasteiger partial charge in [-0.3, -0.25) is 4.79 Å². The van der Waals surface area contributed by atoms with Crippen LogP contribution in [0.2, 0.25) is 0 Å². The van der Waals surface area contributed by atoms with Crippen LogP contribution in [0, 0.1) is 5.41 Å². The normalized spacial score (nSPS) is 13.0. The van der Waals surface area contributed by atoms with Gasteiger partial charge >= 0.3 is 0 Å². The van der Waals surface area contributed by atoms with Crippen molar-refractivity contribution in [3.8, 4) is 5.75 Å². The minimum absolute atomic E-state index is 0.0260. The van der Waals surface area contributed by atoms with Crippen LogP contribution in [0.4, 0.5) is 0 Å². The fourth-order valence-corrected chi connectivity index (χ4v) is 3.96. The molecule has 1 rings (SSSR count). The second-order valence-corrected chi connectivity index (χ2v) is 9.92. The van der Waals surface area contributed by atoms with E-state index in [2.05, 4.69) is 30.8 Å². The van der Waals surface area contributed by atoms with Crippen molar-refractivity contribution in [2.24, 2.45) is 5.41 Å². The summed E-state index contributed by atoms with van der Waals surface area (Å²) in [4.78, 5) is 12.3. The molecule has 1 aromatic carbocycles. The highest BCUT2D eigenvalue weighted by Crippen LogP contribution is 2.27. The van der Waals surface area contributed by atoms with E-state index in [4.69, 9.17) is 4.74 Å². The van der Waals surface area contributed by atoms with E-state index in [-0.39, 0.29) is 27.5 Å². The molecule has 0 heterocycles. The Morgan fingerprint density at radius 3 is 2.31 bits per heavy atom. The largest absolute Gasteiger partial charge is 0.495 e. The Balaban J connectivity index is 2.98. The fraction of sp³-hybridized carbons (Fsp3) is 0.526. The Hall–Kier alpha value is -1.86. The predicted molar refractivity (Wildman–Crippen MR) is 105 cm³/mol. The summed E-state index contributed by atoms with van der Waals surface area (Å²) >= 11 is 0. The summed E-state index contributed by atoms with van der Waals surface area (Å²) < 4.78 is 31.6. The topological polar surface area (TPSA) is 84.5 Å². The monoisotopic (exact) mass is 382 g/mol. The number of hydrogen-bond donors (Lipinski definition) is 2. The summed E-state index contributed by atoms with van der Waals surface area (Å²) in [6.07, 6.45) is 3.81.